The quantitative estimate of drug-likeness (QED) is 0.889. The SMILES string of the molecule is CC(C)COC(=O)Nc1ccc(CN2CCC(C)CC2)cc1. The van der Waals surface area contributed by atoms with Crippen LogP contribution in [0.4, 0.5) is 10.5 Å². The molecule has 1 N–H and O–H groups in total. The van der Waals surface area contributed by atoms with Crippen molar-refractivity contribution in [3.05, 3.63) is 29.8 Å². The van der Waals surface area contributed by atoms with Crippen LogP contribution >= 0.6 is 0 Å². The Balaban J connectivity index is 1.78. The van der Waals surface area contributed by atoms with Crippen LogP contribution in [0.1, 0.15) is 39.2 Å². The lowest BCUT2D eigenvalue weighted by atomic mass is 9.99. The highest BCUT2D eigenvalue weighted by molar-refractivity contribution is 5.84. The van der Waals surface area contributed by atoms with Crippen molar-refractivity contribution < 1.29 is 9.53 Å². The average molecular weight is 304 g/mol. The zero-order valence-corrected chi connectivity index (χ0v) is 14.0. The van der Waals surface area contributed by atoms with Gasteiger partial charge in [0.2, 0.25) is 0 Å². The maximum absolute atomic E-state index is 11.6. The lowest BCUT2D eigenvalue weighted by Crippen LogP contribution is -2.32. The van der Waals surface area contributed by atoms with Crippen LogP contribution in [0.2, 0.25) is 0 Å². The van der Waals surface area contributed by atoms with E-state index in [0.717, 1.165) is 18.2 Å². The third-order valence-corrected chi connectivity index (χ3v) is 4.03. The molecule has 0 aliphatic carbocycles. The predicted octanol–water partition coefficient (Wildman–Crippen LogP) is 4.12. The Morgan fingerprint density at radius 2 is 1.91 bits per heavy atom. The van der Waals surface area contributed by atoms with Gasteiger partial charge in [0.25, 0.3) is 0 Å². The van der Waals surface area contributed by atoms with E-state index in [0.29, 0.717) is 12.5 Å². The number of anilines is 1. The van der Waals surface area contributed by atoms with Crippen molar-refractivity contribution in [2.45, 2.75) is 40.2 Å². The second kappa shape index (κ2) is 8.18. The van der Waals surface area contributed by atoms with Gasteiger partial charge < -0.3 is 4.74 Å². The van der Waals surface area contributed by atoms with E-state index in [1.807, 2.05) is 26.0 Å². The first-order chi connectivity index (χ1) is 10.5. The molecule has 1 fully saturated rings. The number of carbonyl (C=O) groups excluding carboxylic acids is 1. The van der Waals surface area contributed by atoms with Crippen molar-refractivity contribution >= 4 is 11.8 Å². The van der Waals surface area contributed by atoms with Crippen molar-refractivity contribution in [2.24, 2.45) is 11.8 Å². The van der Waals surface area contributed by atoms with Gasteiger partial charge >= 0.3 is 6.09 Å². The fraction of sp³-hybridized carbons (Fsp3) is 0.611. The number of amides is 1. The zero-order chi connectivity index (χ0) is 15.9. The van der Waals surface area contributed by atoms with E-state index < -0.39 is 0 Å². The molecule has 4 heteroatoms. The molecule has 122 valence electrons. The number of hydrogen-bond donors (Lipinski definition) is 1. The summed E-state index contributed by atoms with van der Waals surface area (Å²) < 4.78 is 5.11. The average Bonchev–Trinajstić information content (AvgIpc) is 2.49. The molecule has 0 spiro atoms. The smallest absolute Gasteiger partial charge is 0.411 e. The molecule has 1 heterocycles. The standard InChI is InChI=1S/C18H28N2O2/c1-14(2)13-22-18(21)19-17-6-4-16(5-7-17)12-20-10-8-15(3)9-11-20/h4-7,14-15H,8-13H2,1-3H3,(H,19,21). The molecule has 4 nitrogen and oxygen atoms in total. The number of ether oxygens (including phenoxy) is 1. The number of benzene rings is 1. The molecule has 2 rings (SSSR count). The van der Waals surface area contributed by atoms with Crippen LogP contribution in [-0.2, 0) is 11.3 Å². The van der Waals surface area contributed by atoms with E-state index in [2.05, 4.69) is 29.3 Å². The molecule has 1 amide bonds. The highest BCUT2D eigenvalue weighted by Crippen LogP contribution is 2.19. The van der Waals surface area contributed by atoms with Crippen molar-refractivity contribution in [1.29, 1.82) is 0 Å². The van der Waals surface area contributed by atoms with Gasteiger partial charge in [-0.05, 0) is 55.5 Å². The van der Waals surface area contributed by atoms with Crippen molar-refractivity contribution in [2.75, 3.05) is 25.0 Å². The van der Waals surface area contributed by atoms with Gasteiger partial charge in [0.15, 0.2) is 0 Å². The Morgan fingerprint density at radius 3 is 2.50 bits per heavy atom. The third-order valence-electron chi connectivity index (χ3n) is 4.03. The van der Waals surface area contributed by atoms with Crippen molar-refractivity contribution in [3.8, 4) is 0 Å². The minimum atomic E-state index is -0.383. The number of piperidine rings is 1. The molecule has 1 saturated heterocycles. The van der Waals surface area contributed by atoms with Crippen LogP contribution in [0.3, 0.4) is 0 Å². The van der Waals surface area contributed by atoms with Crippen LogP contribution in [0.25, 0.3) is 0 Å². The second-order valence-electron chi connectivity index (χ2n) is 6.77. The van der Waals surface area contributed by atoms with Crippen LogP contribution in [-0.4, -0.2) is 30.7 Å². The zero-order valence-electron chi connectivity index (χ0n) is 14.0. The Morgan fingerprint density at radius 1 is 1.27 bits per heavy atom. The number of likely N-dealkylation sites (tertiary alicyclic amines) is 1. The van der Waals surface area contributed by atoms with Crippen LogP contribution in [0.5, 0.6) is 0 Å². The number of rotatable bonds is 5. The molecule has 1 aromatic carbocycles. The Kier molecular flexibility index (Phi) is 6.25. The molecule has 0 unspecified atom stereocenters. The fourth-order valence-corrected chi connectivity index (χ4v) is 2.57. The second-order valence-corrected chi connectivity index (χ2v) is 6.77. The number of nitrogens with one attached hydrogen (secondary N) is 1. The summed E-state index contributed by atoms with van der Waals surface area (Å²) in [5, 5.41) is 2.76. The Hall–Kier alpha value is -1.55. The number of carbonyl (C=O) groups is 1. The lowest BCUT2D eigenvalue weighted by molar-refractivity contribution is 0.147. The first-order valence-electron chi connectivity index (χ1n) is 8.28. The third kappa shape index (κ3) is 5.68. The van der Waals surface area contributed by atoms with E-state index in [-0.39, 0.29) is 6.09 Å². The fourth-order valence-electron chi connectivity index (χ4n) is 2.57. The van der Waals surface area contributed by atoms with Crippen molar-refractivity contribution in [3.63, 3.8) is 0 Å². The van der Waals surface area contributed by atoms with Gasteiger partial charge in [0, 0.05) is 12.2 Å². The topological polar surface area (TPSA) is 41.6 Å². The highest BCUT2D eigenvalue weighted by atomic mass is 16.5. The number of nitrogens with zero attached hydrogens (tertiary/aromatic N) is 1. The summed E-state index contributed by atoms with van der Waals surface area (Å²) in [5.74, 6) is 1.21. The van der Waals surface area contributed by atoms with Gasteiger partial charge in [0.1, 0.15) is 0 Å². The monoisotopic (exact) mass is 304 g/mol. The van der Waals surface area contributed by atoms with Gasteiger partial charge in [-0.25, -0.2) is 4.79 Å². The summed E-state index contributed by atoms with van der Waals surface area (Å²) in [6.07, 6.45) is 2.20. The largest absolute Gasteiger partial charge is 0.449 e. The first kappa shape index (κ1) is 16.8. The summed E-state index contributed by atoms with van der Waals surface area (Å²) in [7, 11) is 0. The molecule has 0 radical (unpaired) electrons. The van der Waals surface area contributed by atoms with Crippen LogP contribution in [0.15, 0.2) is 24.3 Å². The minimum Gasteiger partial charge on any atom is -0.449 e. The summed E-state index contributed by atoms with van der Waals surface area (Å²) >= 11 is 0. The molecule has 0 bridgehead atoms. The molecule has 1 aliphatic rings. The van der Waals surface area contributed by atoms with Gasteiger partial charge in [-0.15, -0.1) is 0 Å². The van der Waals surface area contributed by atoms with E-state index in [4.69, 9.17) is 4.74 Å². The number of hydrogen-bond acceptors (Lipinski definition) is 3. The van der Waals surface area contributed by atoms with Crippen LogP contribution < -0.4 is 5.32 Å². The first-order valence-corrected chi connectivity index (χ1v) is 8.28. The molecule has 1 aromatic rings. The summed E-state index contributed by atoms with van der Waals surface area (Å²) in [5.41, 5.74) is 2.07. The Labute approximate surface area is 133 Å². The maximum atomic E-state index is 11.6. The lowest BCUT2D eigenvalue weighted by Gasteiger charge is -2.30. The predicted molar refractivity (Wildman–Crippen MR) is 89.9 cm³/mol. The summed E-state index contributed by atoms with van der Waals surface area (Å²) in [6.45, 7) is 10.2. The van der Waals surface area contributed by atoms with Gasteiger partial charge in [-0.2, -0.15) is 0 Å². The molecule has 0 atom stereocenters. The van der Waals surface area contributed by atoms with Gasteiger partial charge in [-0.1, -0.05) is 32.9 Å². The minimum absolute atomic E-state index is 0.348. The normalized spacial score (nSPS) is 16.7. The van der Waals surface area contributed by atoms with E-state index in [1.54, 1.807) is 0 Å². The summed E-state index contributed by atoms with van der Waals surface area (Å²) in [4.78, 5) is 14.1. The van der Waals surface area contributed by atoms with E-state index in [9.17, 15) is 4.79 Å². The summed E-state index contributed by atoms with van der Waals surface area (Å²) in [6, 6.07) is 8.04. The van der Waals surface area contributed by atoms with E-state index in [1.165, 1.54) is 31.5 Å². The molecular weight excluding hydrogens is 276 g/mol. The van der Waals surface area contributed by atoms with Crippen molar-refractivity contribution in [1.82, 2.24) is 4.90 Å². The molecular formula is C18H28N2O2. The molecule has 22 heavy (non-hydrogen) atoms. The molecule has 1 aliphatic heterocycles. The van der Waals surface area contributed by atoms with E-state index >= 15 is 0 Å². The Bertz CT molecular complexity index is 462. The molecule has 0 aromatic heterocycles. The van der Waals surface area contributed by atoms with Gasteiger partial charge in [0.05, 0.1) is 6.61 Å². The van der Waals surface area contributed by atoms with Gasteiger partial charge in [-0.3, -0.25) is 10.2 Å². The maximum Gasteiger partial charge on any atom is 0.411 e. The van der Waals surface area contributed by atoms with Crippen LogP contribution in [0, 0.1) is 11.8 Å². The highest BCUT2D eigenvalue weighted by Gasteiger charge is 2.15. The molecule has 0 saturated carbocycles.